The molecule has 29 heavy (non-hydrogen) atoms. The van der Waals surface area contributed by atoms with Crippen molar-refractivity contribution in [3.8, 4) is 0 Å². The quantitative estimate of drug-likeness (QED) is 0.352. The summed E-state index contributed by atoms with van der Waals surface area (Å²) in [6, 6.07) is 12.0. The third-order valence-electron chi connectivity index (χ3n) is 4.35. The lowest BCUT2D eigenvalue weighted by Crippen LogP contribution is -2.38. The van der Waals surface area contributed by atoms with Crippen LogP contribution in [0.15, 0.2) is 48.5 Å². The van der Waals surface area contributed by atoms with Crippen LogP contribution in [0.3, 0.4) is 0 Å². The van der Waals surface area contributed by atoms with Crippen molar-refractivity contribution in [3.63, 3.8) is 0 Å². The Balaban J connectivity index is 2.45. The number of carbonyl (C=O) groups excluding carboxylic acids is 4. The van der Waals surface area contributed by atoms with Gasteiger partial charge in [0, 0.05) is 27.6 Å². The van der Waals surface area contributed by atoms with E-state index < -0.39 is 41.8 Å². The van der Waals surface area contributed by atoms with E-state index in [1.54, 1.807) is 0 Å². The monoisotopic (exact) mass is 436 g/mol. The fourth-order valence-electron chi connectivity index (χ4n) is 2.82. The third kappa shape index (κ3) is 5.65. The predicted octanol–water partition coefficient (Wildman–Crippen LogP) is 4.03. The fourth-order valence-corrected chi connectivity index (χ4v) is 3.07. The van der Waals surface area contributed by atoms with Crippen molar-refractivity contribution in [2.24, 2.45) is 11.8 Å². The predicted molar refractivity (Wildman–Crippen MR) is 107 cm³/mol. The molecule has 0 spiro atoms. The Hall–Kier alpha value is -2.70. The van der Waals surface area contributed by atoms with Gasteiger partial charge >= 0.3 is 11.9 Å². The molecule has 1 unspecified atom stereocenters. The number of ether oxygens (including phenoxy) is 2. The molecule has 0 saturated carbocycles. The summed E-state index contributed by atoms with van der Waals surface area (Å²) in [7, 11) is 2.17. The Kier molecular flexibility index (Phi) is 7.93. The number of esters is 2. The van der Waals surface area contributed by atoms with Crippen molar-refractivity contribution in [2.75, 3.05) is 14.2 Å². The molecule has 0 aliphatic rings. The van der Waals surface area contributed by atoms with Crippen LogP contribution >= 0.6 is 23.2 Å². The van der Waals surface area contributed by atoms with Crippen LogP contribution in [0.4, 0.5) is 0 Å². The third-order valence-corrected chi connectivity index (χ3v) is 4.85. The first kappa shape index (κ1) is 22.6. The van der Waals surface area contributed by atoms with E-state index in [9.17, 15) is 19.2 Å². The molecule has 0 heterocycles. The van der Waals surface area contributed by atoms with Gasteiger partial charge in [0.25, 0.3) is 0 Å². The molecule has 0 amide bonds. The van der Waals surface area contributed by atoms with Gasteiger partial charge in [0.15, 0.2) is 17.5 Å². The van der Waals surface area contributed by atoms with E-state index in [-0.39, 0.29) is 11.1 Å². The summed E-state index contributed by atoms with van der Waals surface area (Å²) in [5.74, 6) is -5.86. The minimum atomic E-state index is -1.59. The number of benzene rings is 2. The summed E-state index contributed by atoms with van der Waals surface area (Å²) in [5.41, 5.74) is 0.484. The lowest BCUT2D eigenvalue weighted by Gasteiger charge is -2.22. The summed E-state index contributed by atoms with van der Waals surface area (Å²) >= 11 is 11.7. The van der Waals surface area contributed by atoms with E-state index in [2.05, 4.69) is 9.47 Å². The van der Waals surface area contributed by atoms with Gasteiger partial charge in [-0.2, -0.15) is 0 Å². The van der Waals surface area contributed by atoms with Crippen molar-refractivity contribution >= 4 is 46.7 Å². The van der Waals surface area contributed by atoms with Crippen molar-refractivity contribution in [1.29, 1.82) is 0 Å². The number of halogens is 2. The molecule has 0 aliphatic carbocycles. The van der Waals surface area contributed by atoms with Crippen LogP contribution in [0.25, 0.3) is 0 Å². The van der Waals surface area contributed by atoms with Crippen LogP contribution in [-0.2, 0) is 19.1 Å². The summed E-state index contributed by atoms with van der Waals surface area (Å²) < 4.78 is 9.37. The highest BCUT2D eigenvalue weighted by atomic mass is 35.5. The Labute approximate surface area is 177 Å². The summed E-state index contributed by atoms with van der Waals surface area (Å²) in [6.07, 6.45) is -0.405. The van der Waals surface area contributed by atoms with Crippen molar-refractivity contribution in [2.45, 2.75) is 6.42 Å². The van der Waals surface area contributed by atoms with Crippen LogP contribution in [0.2, 0.25) is 10.0 Å². The van der Waals surface area contributed by atoms with Gasteiger partial charge in [-0.25, -0.2) is 0 Å². The minimum absolute atomic E-state index is 0.195. The Bertz CT molecular complexity index is 890. The first-order chi connectivity index (χ1) is 13.8. The average Bonchev–Trinajstić information content (AvgIpc) is 2.73. The number of rotatable bonds is 8. The Morgan fingerprint density at radius 1 is 0.759 bits per heavy atom. The topological polar surface area (TPSA) is 86.7 Å². The molecule has 8 heteroatoms. The molecular weight excluding hydrogens is 419 g/mol. The highest BCUT2D eigenvalue weighted by Gasteiger charge is 2.42. The standard InChI is InChI=1S/C21H18Cl2O6/c1-28-20(26)18(21(27)29-2)16(19(25)13-5-9-15(23)10-6-13)11-17(24)12-3-7-14(22)8-4-12/h3-10,16,18H,11H2,1-2H3. The van der Waals surface area contributed by atoms with Crippen molar-refractivity contribution in [3.05, 3.63) is 69.7 Å². The zero-order valence-corrected chi connectivity index (χ0v) is 17.2. The largest absolute Gasteiger partial charge is 0.468 e. The highest BCUT2D eigenvalue weighted by molar-refractivity contribution is 6.31. The lowest BCUT2D eigenvalue weighted by atomic mass is 9.81. The SMILES string of the molecule is COC(=O)C(C(=O)OC)C(CC(=O)c1ccc(Cl)cc1)C(=O)c1ccc(Cl)cc1. The molecule has 0 N–H and O–H groups in total. The first-order valence-electron chi connectivity index (χ1n) is 8.52. The zero-order chi connectivity index (χ0) is 21.6. The van der Waals surface area contributed by atoms with E-state index in [0.29, 0.717) is 10.0 Å². The van der Waals surface area contributed by atoms with Gasteiger partial charge in [0.1, 0.15) is 0 Å². The van der Waals surface area contributed by atoms with Crippen LogP contribution in [0.5, 0.6) is 0 Å². The van der Waals surface area contributed by atoms with Gasteiger partial charge in [-0.15, -0.1) is 0 Å². The molecule has 2 aromatic rings. The van der Waals surface area contributed by atoms with Crippen molar-refractivity contribution < 1.29 is 28.7 Å². The van der Waals surface area contributed by atoms with E-state index in [0.717, 1.165) is 14.2 Å². The van der Waals surface area contributed by atoms with Crippen LogP contribution in [-0.4, -0.2) is 37.7 Å². The number of methoxy groups -OCH3 is 2. The molecule has 0 fully saturated rings. The molecule has 0 bridgehead atoms. The summed E-state index contributed by atoms with van der Waals surface area (Å²) in [5, 5.41) is 0.852. The molecule has 2 rings (SSSR count). The molecule has 0 aromatic heterocycles. The second-order valence-electron chi connectivity index (χ2n) is 6.14. The summed E-state index contributed by atoms with van der Waals surface area (Å²) in [4.78, 5) is 50.5. The van der Waals surface area contributed by atoms with Crippen molar-refractivity contribution in [1.82, 2.24) is 0 Å². The molecule has 2 aromatic carbocycles. The number of ketones is 2. The second-order valence-corrected chi connectivity index (χ2v) is 7.01. The Morgan fingerprint density at radius 3 is 1.59 bits per heavy atom. The minimum Gasteiger partial charge on any atom is -0.468 e. The van der Waals surface area contributed by atoms with Gasteiger partial charge in [0.2, 0.25) is 0 Å². The smallest absolute Gasteiger partial charge is 0.320 e. The van der Waals surface area contributed by atoms with E-state index in [4.69, 9.17) is 23.2 Å². The van der Waals surface area contributed by atoms with Gasteiger partial charge in [0.05, 0.1) is 20.1 Å². The van der Waals surface area contributed by atoms with Gasteiger partial charge in [-0.1, -0.05) is 23.2 Å². The second kappa shape index (κ2) is 10.2. The number of hydrogen-bond donors (Lipinski definition) is 0. The normalized spacial score (nSPS) is 11.6. The van der Waals surface area contributed by atoms with E-state index >= 15 is 0 Å². The molecule has 152 valence electrons. The van der Waals surface area contributed by atoms with Crippen LogP contribution in [0, 0.1) is 11.8 Å². The van der Waals surface area contributed by atoms with Gasteiger partial charge in [-0.05, 0) is 48.5 Å². The van der Waals surface area contributed by atoms with E-state index in [1.807, 2.05) is 0 Å². The molecule has 0 aliphatic heterocycles. The molecule has 1 atom stereocenters. The molecule has 0 saturated heterocycles. The highest BCUT2D eigenvalue weighted by Crippen LogP contribution is 2.27. The number of Topliss-reactive ketones (excluding diaryl/α,β-unsaturated/α-hetero) is 2. The first-order valence-corrected chi connectivity index (χ1v) is 9.28. The van der Waals surface area contributed by atoms with Crippen LogP contribution in [0.1, 0.15) is 27.1 Å². The molecule has 6 nitrogen and oxygen atoms in total. The van der Waals surface area contributed by atoms with E-state index in [1.165, 1.54) is 48.5 Å². The fraction of sp³-hybridized carbons (Fsp3) is 0.238. The maximum Gasteiger partial charge on any atom is 0.320 e. The lowest BCUT2D eigenvalue weighted by molar-refractivity contribution is -0.160. The average molecular weight is 437 g/mol. The van der Waals surface area contributed by atoms with Gasteiger partial charge < -0.3 is 9.47 Å². The number of hydrogen-bond acceptors (Lipinski definition) is 6. The summed E-state index contributed by atoms with van der Waals surface area (Å²) in [6.45, 7) is 0. The zero-order valence-electron chi connectivity index (χ0n) is 15.7. The molecular formula is C21H18Cl2O6. The number of carbonyl (C=O) groups is 4. The van der Waals surface area contributed by atoms with Gasteiger partial charge in [-0.3, -0.25) is 19.2 Å². The Morgan fingerprint density at radius 2 is 1.17 bits per heavy atom. The van der Waals surface area contributed by atoms with Crippen LogP contribution < -0.4 is 0 Å². The maximum atomic E-state index is 13.1. The maximum absolute atomic E-state index is 13.1. The molecule has 0 radical (unpaired) electrons.